The molecule has 0 aliphatic carbocycles. The summed E-state index contributed by atoms with van der Waals surface area (Å²) in [5.74, 6) is 2.50. The topological polar surface area (TPSA) is 77.3 Å². The highest BCUT2D eigenvalue weighted by molar-refractivity contribution is 5.84. The van der Waals surface area contributed by atoms with Crippen molar-refractivity contribution in [2.75, 3.05) is 47.5 Å². The van der Waals surface area contributed by atoms with Gasteiger partial charge in [-0.05, 0) is 26.8 Å². The van der Waals surface area contributed by atoms with E-state index in [9.17, 15) is 4.79 Å². The Hall–Kier alpha value is -2.74. The standard InChI is InChI=1S/C22H31N3O5/c1-14(19-15(2)23-30-16(19)3)22(26)25-11-9-24(10-12-25)13-17-7-8-18(27-4)21(29-6)20(17)28-5/h7-8,14H,9-13H2,1-6H3. The first-order valence-corrected chi connectivity index (χ1v) is 10.1. The lowest BCUT2D eigenvalue weighted by Crippen LogP contribution is -2.49. The number of hydrogen-bond donors (Lipinski definition) is 0. The van der Waals surface area contributed by atoms with Gasteiger partial charge in [-0.15, -0.1) is 0 Å². The first kappa shape index (κ1) is 22.0. The summed E-state index contributed by atoms with van der Waals surface area (Å²) in [6.45, 7) is 9.32. The predicted molar refractivity (Wildman–Crippen MR) is 112 cm³/mol. The number of rotatable bonds is 7. The van der Waals surface area contributed by atoms with Gasteiger partial charge in [0.1, 0.15) is 5.76 Å². The molecular formula is C22H31N3O5. The van der Waals surface area contributed by atoms with Crippen LogP contribution in [-0.2, 0) is 11.3 Å². The highest BCUT2D eigenvalue weighted by Gasteiger charge is 2.29. The summed E-state index contributed by atoms with van der Waals surface area (Å²) in [5, 5.41) is 3.98. The summed E-state index contributed by atoms with van der Waals surface area (Å²) in [6, 6.07) is 3.89. The molecule has 1 aliphatic rings. The number of benzene rings is 1. The second kappa shape index (κ2) is 9.38. The third kappa shape index (κ3) is 4.23. The SMILES string of the molecule is COc1ccc(CN2CCN(C(=O)C(C)c3c(C)noc3C)CC2)c(OC)c1OC. The molecule has 0 radical (unpaired) electrons. The Labute approximate surface area is 177 Å². The fourth-order valence-corrected chi connectivity index (χ4v) is 4.16. The molecule has 8 nitrogen and oxygen atoms in total. The lowest BCUT2D eigenvalue weighted by molar-refractivity contribution is -0.134. The van der Waals surface area contributed by atoms with Gasteiger partial charge in [-0.2, -0.15) is 0 Å². The Morgan fingerprint density at radius 3 is 2.27 bits per heavy atom. The summed E-state index contributed by atoms with van der Waals surface area (Å²) in [4.78, 5) is 17.3. The van der Waals surface area contributed by atoms with E-state index in [-0.39, 0.29) is 11.8 Å². The summed E-state index contributed by atoms with van der Waals surface area (Å²) in [7, 11) is 4.85. The van der Waals surface area contributed by atoms with Gasteiger partial charge in [0.05, 0.1) is 32.9 Å². The molecule has 1 aromatic heterocycles. The Morgan fingerprint density at radius 1 is 1.07 bits per heavy atom. The maximum Gasteiger partial charge on any atom is 0.230 e. The van der Waals surface area contributed by atoms with Crippen molar-refractivity contribution in [1.82, 2.24) is 15.0 Å². The molecule has 1 saturated heterocycles. The number of hydrogen-bond acceptors (Lipinski definition) is 7. The first-order chi connectivity index (χ1) is 14.4. The van der Waals surface area contributed by atoms with E-state index in [2.05, 4.69) is 10.1 Å². The molecule has 1 aromatic carbocycles. The highest BCUT2D eigenvalue weighted by atomic mass is 16.5. The summed E-state index contributed by atoms with van der Waals surface area (Å²) in [5.41, 5.74) is 2.71. The number of aryl methyl sites for hydroxylation is 2. The van der Waals surface area contributed by atoms with Gasteiger partial charge < -0.3 is 23.6 Å². The molecule has 2 aromatic rings. The lowest BCUT2D eigenvalue weighted by Gasteiger charge is -2.36. The quantitative estimate of drug-likeness (QED) is 0.685. The smallest absolute Gasteiger partial charge is 0.230 e. The van der Waals surface area contributed by atoms with Crippen LogP contribution < -0.4 is 14.2 Å². The predicted octanol–water partition coefficient (Wildman–Crippen LogP) is 2.77. The minimum absolute atomic E-state index is 0.118. The minimum Gasteiger partial charge on any atom is -0.493 e. The largest absolute Gasteiger partial charge is 0.493 e. The van der Waals surface area contributed by atoms with Gasteiger partial charge in [0.25, 0.3) is 0 Å². The van der Waals surface area contributed by atoms with Crippen molar-refractivity contribution >= 4 is 5.91 Å². The Morgan fingerprint density at radius 2 is 1.73 bits per heavy atom. The minimum atomic E-state index is -0.256. The number of piperazine rings is 1. The summed E-state index contributed by atoms with van der Waals surface area (Å²) in [6.07, 6.45) is 0. The Balaban J connectivity index is 1.64. The van der Waals surface area contributed by atoms with Crippen LogP contribution in [0.1, 0.15) is 35.4 Å². The van der Waals surface area contributed by atoms with Crippen molar-refractivity contribution in [3.8, 4) is 17.2 Å². The Bertz CT molecular complexity index is 868. The Kier molecular flexibility index (Phi) is 6.87. The van der Waals surface area contributed by atoms with Crippen LogP contribution >= 0.6 is 0 Å². The van der Waals surface area contributed by atoms with Crippen molar-refractivity contribution in [3.05, 3.63) is 34.7 Å². The molecular weight excluding hydrogens is 386 g/mol. The number of carbonyl (C=O) groups excluding carboxylic acids is 1. The fraction of sp³-hybridized carbons (Fsp3) is 0.545. The van der Waals surface area contributed by atoms with Crippen molar-refractivity contribution in [3.63, 3.8) is 0 Å². The van der Waals surface area contributed by atoms with E-state index in [1.165, 1.54) is 0 Å². The van der Waals surface area contributed by atoms with Gasteiger partial charge in [0.2, 0.25) is 11.7 Å². The molecule has 3 rings (SSSR count). The number of carbonyl (C=O) groups is 1. The van der Waals surface area contributed by atoms with Crippen LogP contribution in [-0.4, -0.2) is 68.4 Å². The highest BCUT2D eigenvalue weighted by Crippen LogP contribution is 2.40. The van der Waals surface area contributed by atoms with Crippen molar-refractivity contribution < 1.29 is 23.5 Å². The van der Waals surface area contributed by atoms with Crippen molar-refractivity contribution in [2.24, 2.45) is 0 Å². The van der Waals surface area contributed by atoms with Gasteiger partial charge in [-0.1, -0.05) is 11.2 Å². The third-order valence-corrected chi connectivity index (χ3v) is 5.76. The van der Waals surface area contributed by atoms with Crippen molar-refractivity contribution in [2.45, 2.75) is 33.2 Å². The van der Waals surface area contributed by atoms with E-state index in [1.807, 2.05) is 37.8 Å². The van der Waals surface area contributed by atoms with E-state index in [4.69, 9.17) is 18.7 Å². The van der Waals surface area contributed by atoms with Crippen molar-refractivity contribution in [1.29, 1.82) is 0 Å². The zero-order valence-electron chi connectivity index (χ0n) is 18.7. The van der Waals surface area contributed by atoms with Gasteiger partial charge >= 0.3 is 0 Å². The van der Waals surface area contributed by atoms with Gasteiger partial charge in [-0.25, -0.2) is 0 Å². The molecule has 0 bridgehead atoms. The molecule has 164 valence electrons. The molecule has 1 atom stereocenters. The normalized spacial score (nSPS) is 15.7. The third-order valence-electron chi connectivity index (χ3n) is 5.76. The molecule has 1 unspecified atom stereocenters. The molecule has 1 amide bonds. The van der Waals surface area contributed by atoms with Crippen LogP contribution in [0.15, 0.2) is 16.7 Å². The van der Waals surface area contributed by atoms with E-state index in [0.717, 1.165) is 29.9 Å². The average Bonchev–Trinajstić information content (AvgIpc) is 3.10. The zero-order valence-corrected chi connectivity index (χ0v) is 18.7. The van der Waals surface area contributed by atoms with Crippen LogP contribution in [0.4, 0.5) is 0 Å². The second-order valence-electron chi connectivity index (χ2n) is 7.55. The number of ether oxygens (including phenoxy) is 3. The number of aromatic nitrogens is 1. The van der Waals surface area contributed by atoms with Crippen LogP contribution in [0.3, 0.4) is 0 Å². The van der Waals surface area contributed by atoms with Crippen LogP contribution in [0.2, 0.25) is 0 Å². The van der Waals surface area contributed by atoms with E-state index in [1.54, 1.807) is 21.3 Å². The molecule has 8 heteroatoms. The lowest BCUT2D eigenvalue weighted by atomic mass is 9.97. The second-order valence-corrected chi connectivity index (χ2v) is 7.55. The average molecular weight is 418 g/mol. The number of methoxy groups -OCH3 is 3. The maximum atomic E-state index is 13.0. The zero-order chi connectivity index (χ0) is 21.8. The molecule has 30 heavy (non-hydrogen) atoms. The summed E-state index contributed by atoms with van der Waals surface area (Å²) < 4.78 is 21.7. The van der Waals surface area contributed by atoms with Gasteiger partial charge in [0.15, 0.2) is 11.5 Å². The molecule has 0 N–H and O–H groups in total. The van der Waals surface area contributed by atoms with E-state index >= 15 is 0 Å². The van der Waals surface area contributed by atoms with E-state index < -0.39 is 0 Å². The maximum absolute atomic E-state index is 13.0. The first-order valence-electron chi connectivity index (χ1n) is 10.1. The van der Waals surface area contributed by atoms with Crippen LogP contribution in [0.5, 0.6) is 17.2 Å². The van der Waals surface area contributed by atoms with Crippen LogP contribution in [0, 0.1) is 13.8 Å². The summed E-state index contributed by atoms with van der Waals surface area (Å²) >= 11 is 0. The fourth-order valence-electron chi connectivity index (χ4n) is 4.16. The monoisotopic (exact) mass is 417 g/mol. The molecule has 0 saturated carbocycles. The molecule has 0 spiro atoms. The molecule has 1 aliphatic heterocycles. The molecule has 1 fully saturated rings. The van der Waals surface area contributed by atoms with Gasteiger partial charge in [0, 0.05) is 43.9 Å². The van der Waals surface area contributed by atoms with Gasteiger partial charge in [-0.3, -0.25) is 9.69 Å². The van der Waals surface area contributed by atoms with E-state index in [0.29, 0.717) is 42.6 Å². The number of amides is 1. The van der Waals surface area contributed by atoms with Crippen LogP contribution in [0.25, 0.3) is 0 Å². The molecule has 2 heterocycles. The number of nitrogens with zero attached hydrogens (tertiary/aromatic N) is 3.